The summed E-state index contributed by atoms with van der Waals surface area (Å²) in [6, 6.07) is 9.26. The monoisotopic (exact) mass is 319 g/mol. The van der Waals surface area contributed by atoms with E-state index < -0.39 is 24.2 Å². The number of aliphatic hydroxyl groups excluding tert-OH is 1. The van der Waals surface area contributed by atoms with E-state index in [2.05, 4.69) is 4.98 Å². The Labute approximate surface area is 131 Å². The predicted molar refractivity (Wildman–Crippen MR) is 78.2 cm³/mol. The van der Waals surface area contributed by atoms with Crippen molar-refractivity contribution in [1.82, 2.24) is 4.98 Å². The van der Waals surface area contributed by atoms with Gasteiger partial charge in [-0.2, -0.15) is 0 Å². The Hall–Kier alpha value is -2.05. The first kappa shape index (κ1) is 14.5. The van der Waals surface area contributed by atoms with Gasteiger partial charge in [0.15, 0.2) is 5.60 Å². The molecule has 0 saturated heterocycles. The number of nitrogens with zero attached hydrogens (tertiary/aromatic N) is 1. The number of halogens is 2. The number of aliphatic hydroxyl groups is 2. The number of benzene rings is 1. The van der Waals surface area contributed by atoms with Crippen LogP contribution in [0.3, 0.4) is 0 Å². The van der Waals surface area contributed by atoms with Gasteiger partial charge in [0.1, 0.15) is 17.5 Å². The number of aromatic nitrogens is 1. The summed E-state index contributed by atoms with van der Waals surface area (Å²) in [5, 5.41) is 20.9. The van der Waals surface area contributed by atoms with Crippen LogP contribution in [0.25, 0.3) is 11.3 Å². The van der Waals surface area contributed by atoms with E-state index in [-0.39, 0.29) is 5.56 Å². The number of alkyl halides is 2. The van der Waals surface area contributed by atoms with Gasteiger partial charge in [-0.15, -0.1) is 0 Å². The van der Waals surface area contributed by atoms with Crippen molar-refractivity contribution < 1.29 is 23.7 Å². The molecule has 2 aliphatic rings. The maximum Gasteiger partial charge on any atom is 0.263 e. The van der Waals surface area contributed by atoms with Crippen molar-refractivity contribution in [2.45, 2.75) is 37.1 Å². The predicted octanol–water partition coefficient (Wildman–Crippen LogP) is 2.79. The van der Waals surface area contributed by atoms with E-state index in [1.165, 1.54) is 12.1 Å². The number of rotatable bonds is 2. The van der Waals surface area contributed by atoms with E-state index in [0.29, 0.717) is 35.5 Å². The molecule has 1 fully saturated rings. The lowest BCUT2D eigenvalue weighted by Gasteiger charge is -2.24. The van der Waals surface area contributed by atoms with Gasteiger partial charge in [0, 0.05) is 11.1 Å². The van der Waals surface area contributed by atoms with Crippen LogP contribution in [0.1, 0.15) is 30.5 Å². The lowest BCUT2D eigenvalue weighted by atomic mass is 9.94. The van der Waals surface area contributed by atoms with Crippen molar-refractivity contribution >= 4 is 0 Å². The van der Waals surface area contributed by atoms with Crippen LogP contribution >= 0.6 is 0 Å². The highest BCUT2D eigenvalue weighted by Gasteiger charge is 2.58. The molecule has 2 aromatic rings. The van der Waals surface area contributed by atoms with E-state index in [9.17, 15) is 19.0 Å². The van der Waals surface area contributed by atoms with Crippen LogP contribution in [-0.2, 0) is 5.60 Å². The average molecular weight is 319 g/mol. The fourth-order valence-corrected chi connectivity index (χ4v) is 3.36. The Bertz CT molecular complexity index is 750. The first-order valence-electron chi connectivity index (χ1n) is 7.47. The van der Waals surface area contributed by atoms with E-state index in [4.69, 9.17) is 4.74 Å². The van der Waals surface area contributed by atoms with Crippen molar-refractivity contribution in [3.63, 3.8) is 0 Å². The Morgan fingerprint density at radius 2 is 1.87 bits per heavy atom. The first-order valence-corrected chi connectivity index (χ1v) is 7.47. The number of fused-ring (bicyclic) bond motifs is 3. The Morgan fingerprint density at radius 1 is 1.13 bits per heavy atom. The summed E-state index contributed by atoms with van der Waals surface area (Å²) in [6.07, 6.45) is -2.91. The standard InChI is InChI=1S/C17H15F2NO3/c18-16(19)10-3-1-9(2-4-10)11-5-6-12-15(20-11)17(22)13(21)7-8-14(17)23-12/h1-6,13-14,16,21-22H,7-8H2. The van der Waals surface area contributed by atoms with E-state index >= 15 is 0 Å². The second-order valence-corrected chi connectivity index (χ2v) is 5.99. The Balaban J connectivity index is 1.75. The molecule has 2 heterocycles. The molecule has 0 spiro atoms. The third-order valence-electron chi connectivity index (χ3n) is 4.67. The number of hydrogen-bond donors (Lipinski definition) is 2. The van der Waals surface area contributed by atoms with Gasteiger partial charge >= 0.3 is 0 Å². The fourth-order valence-electron chi connectivity index (χ4n) is 3.36. The molecule has 6 heteroatoms. The zero-order chi connectivity index (χ0) is 16.2. The molecule has 3 unspecified atom stereocenters. The SMILES string of the molecule is OC1CCC2Oc3ccc(-c4ccc(C(F)F)cc4)nc3C12O. The summed E-state index contributed by atoms with van der Waals surface area (Å²) in [7, 11) is 0. The van der Waals surface area contributed by atoms with Crippen molar-refractivity contribution in [3.05, 3.63) is 47.7 Å². The molecule has 0 amide bonds. The second kappa shape index (κ2) is 4.97. The molecule has 4 rings (SSSR count). The first-order chi connectivity index (χ1) is 11.0. The van der Waals surface area contributed by atoms with Crippen molar-refractivity contribution in [2.24, 2.45) is 0 Å². The molecule has 3 atom stereocenters. The lowest BCUT2D eigenvalue weighted by molar-refractivity contribution is -0.0918. The molecule has 1 aliphatic heterocycles. The third kappa shape index (κ3) is 2.05. The number of ether oxygens (including phenoxy) is 1. The van der Waals surface area contributed by atoms with Crippen LogP contribution in [-0.4, -0.2) is 27.4 Å². The van der Waals surface area contributed by atoms with E-state index in [0.717, 1.165) is 0 Å². The molecular formula is C17H15F2NO3. The normalized spacial score (nSPS) is 28.6. The summed E-state index contributed by atoms with van der Waals surface area (Å²) < 4.78 is 30.9. The van der Waals surface area contributed by atoms with Gasteiger partial charge < -0.3 is 14.9 Å². The molecule has 1 aromatic carbocycles. The van der Waals surface area contributed by atoms with Crippen LogP contribution in [0, 0.1) is 0 Å². The quantitative estimate of drug-likeness (QED) is 0.893. The Morgan fingerprint density at radius 3 is 2.57 bits per heavy atom. The molecule has 1 aliphatic carbocycles. The van der Waals surface area contributed by atoms with Crippen molar-refractivity contribution in [2.75, 3.05) is 0 Å². The van der Waals surface area contributed by atoms with Gasteiger partial charge in [-0.05, 0) is 25.0 Å². The summed E-state index contributed by atoms with van der Waals surface area (Å²) in [4.78, 5) is 4.44. The summed E-state index contributed by atoms with van der Waals surface area (Å²) >= 11 is 0. The zero-order valence-electron chi connectivity index (χ0n) is 12.1. The van der Waals surface area contributed by atoms with Crippen LogP contribution in [0.5, 0.6) is 5.75 Å². The Kier molecular flexibility index (Phi) is 3.14. The molecule has 0 bridgehead atoms. The highest BCUT2D eigenvalue weighted by Crippen LogP contribution is 2.49. The van der Waals surface area contributed by atoms with Crippen LogP contribution in [0.2, 0.25) is 0 Å². The maximum absolute atomic E-state index is 12.6. The largest absolute Gasteiger partial charge is 0.485 e. The molecule has 23 heavy (non-hydrogen) atoms. The van der Waals surface area contributed by atoms with Crippen molar-refractivity contribution in [3.8, 4) is 17.0 Å². The van der Waals surface area contributed by atoms with Crippen molar-refractivity contribution in [1.29, 1.82) is 0 Å². The molecule has 0 radical (unpaired) electrons. The summed E-state index contributed by atoms with van der Waals surface area (Å²) in [5.41, 5.74) is -0.0157. The molecule has 1 aromatic heterocycles. The molecule has 4 nitrogen and oxygen atoms in total. The topological polar surface area (TPSA) is 62.6 Å². The maximum atomic E-state index is 12.6. The number of pyridine rings is 1. The summed E-state index contributed by atoms with van der Waals surface area (Å²) in [6.45, 7) is 0. The zero-order valence-corrected chi connectivity index (χ0v) is 12.1. The van der Waals surface area contributed by atoms with Crippen LogP contribution in [0.15, 0.2) is 36.4 Å². The van der Waals surface area contributed by atoms with Gasteiger partial charge in [0.2, 0.25) is 0 Å². The van der Waals surface area contributed by atoms with Gasteiger partial charge in [0.25, 0.3) is 6.43 Å². The highest BCUT2D eigenvalue weighted by molar-refractivity contribution is 5.62. The highest BCUT2D eigenvalue weighted by atomic mass is 19.3. The average Bonchev–Trinajstić information content (AvgIpc) is 3.00. The smallest absolute Gasteiger partial charge is 0.263 e. The van der Waals surface area contributed by atoms with Crippen LogP contribution < -0.4 is 4.74 Å². The fraction of sp³-hybridized carbons (Fsp3) is 0.353. The van der Waals surface area contributed by atoms with Crippen LogP contribution in [0.4, 0.5) is 8.78 Å². The van der Waals surface area contributed by atoms with E-state index in [1.807, 2.05) is 0 Å². The van der Waals surface area contributed by atoms with Gasteiger partial charge in [-0.25, -0.2) is 13.8 Å². The third-order valence-corrected chi connectivity index (χ3v) is 4.67. The summed E-state index contributed by atoms with van der Waals surface area (Å²) in [5.74, 6) is 0.462. The number of hydrogen-bond acceptors (Lipinski definition) is 4. The minimum atomic E-state index is -2.51. The lowest BCUT2D eigenvalue weighted by Crippen LogP contribution is -2.41. The second-order valence-electron chi connectivity index (χ2n) is 5.99. The van der Waals surface area contributed by atoms with E-state index in [1.54, 1.807) is 24.3 Å². The van der Waals surface area contributed by atoms with Gasteiger partial charge in [0.05, 0.1) is 11.8 Å². The van der Waals surface area contributed by atoms with Gasteiger partial charge in [-0.1, -0.05) is 24.3 Å². The molecular weight excluding hydrogens is 304 g/mol. The molecule has 120 valence electrons. The molecule has 2 N–H and O–H groups in total. The molecule has 1 saturated carbocycles. The van der Waals surface area contributed by atoms with Gasteiger partial charge in [-0.3, -0.25) is 0 Å². The minimum Gasteiger partial charge on any atom is -0.485 e. The minimum absolute atomic E-state index is 0.0526.